The molecule has 288 valence electrons. The minimum absolute atomic E-state index is 0.0637. The van der Waals surface area contributed by atoms with E-state index < -0.39 is 70.3 Å². The molecule has 2 aliphatic rings. The summed E-state index contributed by atoms with van der Waals surface area (Å²) in [6.45, 7) is 6.04. The van der Waals surface area contributed by atoms with E-state index in [0.717, 1.165) is 54.2 Å². The molecule has 3 aromatic rings. The zero-order valence-corrected chi connectivity index (χ0v) is 29.1. The fourth-order valence-corrected chi connectivity index (χ4v) is 5.80. The molecule has 2 fully saturated rings. The van der Waals surface area contributed by atoms with Crippen molar-refractivity contribution in [1.82, 2.24) is 20.3 Å². The third-order valence-electron chi connectivity index (χ3n) is 7.46. The van der Waals surface area contributed by atoms with Gasteiger partial charge in [-0.05, 0) is 44.2 Å². The number of carbonyl (C=O) groups excluding carboxylic acids is 3. The van der Waals surface area contributed by atoms with Gasteiger partial charge in [-0.2, -0.15) is 26.7 Å². The summed E-state index contributed by atoms with van der Waals surface area (Å²) in [5, 5.41) is 29.5. The van der Waals surface area contributed by atoms with E-state index in [0.29, 0.717) is 10.8 Å². The number of halogens is 3. The number of hydrogen-bond donors (Lipinski definition) is 5. The lowest BCUT2D eigenvalue weighted by Gasteiger charge is -2.50. The van der Waals surface area contributed by atoms with Crippen LogP contribution >= 0.6 is 11.3 Å². The SMILES string of the molecule is CC1(C)[C@H](NC(=O)/C(=N\O[C@@H](COc2ccc3nc(N4CC[NH2+]CC4)ccc3c2)C(=O)O)c2csc(N)n2)C(=O)N1OS(=O)(=O)O.O=C([O-])C(F)(F)F. The number of thiazole rings is 1. The number of quaternary nitrogens is 1. The van der Waals surface area contributed by atoms with Gasteiger partial charge in [0.15, 0.2) is 10.8 Å². The van der Waals surface area contributed by atoms with Gasteiger partial charge in [0, 0.05) is 10.8 Å². The minimum Gasteiger partial charge on any atom is -0.542 e. The first-order chi connectivity index (χ1) is 24.7. The molecule has 2 saturated heterocycles. The van der Waals surface area contributed by atoms with Crippen molar-refractivity contribution in [2.24, 2.45) is 5.16 Å². The first-order valence-corrected chi connectivity index (χ1v) is 17.3. The fourth-order valence-electron chi connectivity index (χ4n) is 4.79. The molecule has 20 nitrogen and oxygen atoms in total. The number of nitrogens with zero attached hydrogens (tertiary/aromatic N) is 5. The van der Waals surface area contributed by atoms with E-state index in [1.54, 1.807) is 18.2 Å². The number of hydrogen-bond acceptors (Lipinski definition) is 16. The van der Waals surface area contributed by atoms with Crippen LogP contribution in [0.25, 0.3) is 10.9 Å². The minimum atomic E-state index is -5.19. The number of hydroxylamine groups is 2. The Morgan fingerprint density at radius 2 is 1.87 bits per heavy atom. The van der Waals surface area contributed by atoms with Gasteiger partial charge in [-0.1, -0.05) is 5.16 Å². The number of β-lactam (4-membered cyclic amide) rings is 1. The van der Waals surface area contributed by atoms with Crippen LogP contribution in [0.1, 0.15) is 19.5 Å². The maximum atomic E-state index is 13.2. The average Bonchev–Trinajstić information content (AvgIpc) is 3.52. The molecule has 53 heavy (non-hydrogen) atoms. The van der Waals surface area contributed by atoms with Crippen LogP contribution < -0.4 is 31.1 Å². The standard InChI is InChI=1S/C26H30N8O10S2.C2HF3O2/c1-26(2)21(23(36)34(26)44-46(39,40)41)31-22(35)20(17-13-45-25(27)30-17)32-43-18(24(37)38)12-42-15-4-5-16-14(11-15)3-6-19(29-16)33-9-7-28-8-10-33;3-2(4,5)1(6)7/h3-6,11,13,18,21,28H,7-10,12H2,1-2H3,(H2,27,30)(H,31,35)(H,37,38)(H,39,40,41);(H,6,7)/b32-20-;/t18-,21+;/m0./s1. The molecule has 2 aliphatic heterocycles. The number of amides is 2. The number of pyridine rings is 1. The number of piperazine rings is 1. The first kappa shape index (κ1) is 40.4. The second-order valence-corrected chi connectivity index (χ2v) is 13.5. The Morgan fingerprint density at radius 1 is 1.21 bits per heavy atom. The number of benzene rings is 1. The zero-order chi connectivity index (χ0) is 39.3. The summed E-state index contributed by atoms with van der Waals surface area (Å²) < 4.78 is 72.7. The van der Waals surface area contributed by atoms with Crippen molar-refractivity contribution in [2.45, 2.75) is 37.7 Å². The number of nitrogen functional groups attached to an aromatic ring is 1. The van der Waals surface area contributed by atoms with Crippen LogP contribution in [0.15, 0.2) is 40.9 Å². The highest BCUT2D eigenvalue weighted by atomic mass is 32.3. The lowest BCUT2D eigenvalue weighted by Crippen LogP contribution is -2.89. The van der Waals surface area contributed by atoms with Crippen LogP contribution in [-0.2, 0) is 38.7 Å². The van der Waals surface area contributed by atoms with Gasteiger partial charge in [-0.3, -0.25) is 14.1 Å². The van der Waals surface area contributed by atoms with Crippen molar-refractivity contribution in [2.75, 3.05) is 43.4 Å². The second kappa shape index (κ2) is 16.1. The third-order valence-corrected chi connectivity index (χ3v) is 8.47. The second-order valence-electron chi connectivity index (χ2n) is 11.6. The maximum Gasteiger partial charge on any atom is 0.430 e. The number of alkyl halides is 3. The molecule has 0 bridgehead atoms. The Morgan fingerprint density at radius 3 is 2.42 bits per heavy atom. The van der Waals surface area contributed by atoms with Gasteiger partial charge in [0.1, 0.15) is 35.9 Å². The topological polar surface area (TPSA) is 293 Å². The summed E-state index contributed by atoms with van der Waals surface area (Å²) in [4.78, 5) is 62.7. The number of oxime groups is 1. The molecule has 0 saturated carbocycles. The number of carboxylic acid groups (broad SMARTS) is 2. The summed E-state index contributed by atoms with van der Waals surface area (Å²) in [6, 6.07) is 7.63. The van der Waals surface area contributed by atoms with Gasteiger partial charge < -0.3 is 45.8 Å². The molecular weight excluding hydrogens is 761 g/mol. The predicted octanol–water partition coefficient (Wildman–Crippen LogP) is -1.95. The molecule has 4 heterocycles. The number of aromatic nitrogens is 2. The number of anilines is 2. The Kier molecular flexibility index (Phi) is 12.3. The number of ether oxygens (including phenoxy) is 1. The largest absolute Gasteiger partial charge is 0.542 e. The lowest BCUT2D eigenvalue weighted by molar-refractivity contribution is -0.655. The van der Waals surface area contributed by atoms with Crippen LogP contribution in [0.2, 0.25) is 0 Å². The van der Waals surface area contributed by atoms with Crippen LogP contribution in [0.3, 0.4) is 0 Å². The van der Waals surface area contributed by atoms with E-state index in [-0.39, 0.29) is 10.8 Å². The van der Waals surface area contributed by atoms with Gasteiger partial charge in [0.05, 0.1) is 37.2 Å². The molecule has 2 atom stereocenters. The first-order valence-electron chi connectivity index (χ1n) is 15.1. The molecular formula is C28H31F3N8O12S2. The molecule has 2 aromatic heterocycles. The Labute approximate surface area is 301 Å². The van der Waals surface area contributed by atoms with Gasteiger partial charge in [-0.25, -0.2) is 14.8 Å². The number of carboxylic acids is 2. The maximum absolute atomic E-state index is 13.2. The highest BCUT2D eigenvalue weighted by Crippen LogP contribution is 2.33. The van der Waals surface area contributed by atoms with Crippen molar-refractivity contribution < 1.29 is 74.7 Å². The monoisotopic (exact) mass is 792 g/mol. The van der Waals surface area contributed by atoms with E-state index in [9.17, 15) is 41.1 Å². The summed E-state index contributed by atoms with van der Waals surface area (Å²) in [5.74, 6) is -5.23. The summed E-state index contributed by atoms with van der Waals surface area (Å²) in [6.07, 6.45) is -6.87. The number of rotatable bonds is 12. The van der Waals surface area contributed by atoms with Gasteiger partial charge in [0.25, 0.3) is 17.9 Å². The Hall–Kier alpha value is -5.37. The average molecular weight is 793 g/mol. The number of fused-ring (bicyclic) bond motifs is 1. The number of carbonyl (C=O) groups is 4. The number of nitrogens with two attached hydrogens (primary N) is 2. The molecule has 2 amide bonds. The summed E-state index contributed by atoms with van der Waals surface area (Å²) >= 11 is 0.964. The van der Waals surface area contributed by atoms with E-state index >= 15 is 0 Å². The summed E-state index contributed by atoms with van der Waals surface area (Å²) in [7, 11) is -5.01. The predicted molar refractivity (Wildman–Crippen MR) is 173 cm³/mol. The normalized spacial score (nSPS) is 18.0. The lowest BCUT2D eigenvalue weighted by atomic mass is 9.84. The van der Waals surface area contributed by atoms with Crippen molar-refractivity contribution in [3.63, 3.8) is 0 Å². The van der Waals surface area contributed by atoms with E-state index in [1.165, 1.54) is 19.2 Å². The van der Waals surface area contributed by atoms with Crippen LogP contribution in [0.5, 0.6) is 5.75 Å². The summed E-state index contributed by atoms with van der Waals surface area (Å²) in [5.41, 5.74) is 4.43. The van der Waals surface area contributed by atoms with Crippen molar-refractivity contribution in [1.29, 1.82) is 0 Å². The van der Waals surface area contributed by atoms with Crippen molar-refractivity contribution in [3.05, 3.63) is 41.4 Å². The van der Waals surface area contributed by atoms with E-state index in [1.807, 2.05) is 12.1 Å². The molecule has 0 spiro atoms. The molecule has 25 heteroatoms. The Bertz CT molecular complexity index is 2010. The molecule has 0 radical (unpaired) electrons. The van der Waals surface area contributed by atoms with Gasteiger partial charge in [0.2, 0.25) is 0 Å². The molecule has 1 aromatic carbocycles. The smallest absolute Gasteiger partial charge is 0.430 e. The van der Waals surface area contributed by atoms with E-state index in [2.05, 4.69) is 30.0 Å². The molecule has 0 aliphatic carbocycles. The van der Waals surface area contributed by atoms with Crippen LogP contribution in [-0.4, -0.2) is 119 Å². The number of aliphatic carboxylic acids is 2. The number of nitrogens with one attached hydrogen (secondary N) is 1. The Balaban J connectivity index is 0.000000815. The zero-order valence-electron chi connectivity index (χ0n) is 27.5. The van der Waals surface area contributed by atoms with Gasteiger partial charge >= 0.3 is 22.5 Å². The van der Waals surface area contributed by atoms with E-state index in [4.69, 9.17) is 34.7 Å². The molecule has 7 N–H and O–H groups in total. The fraction of sp³-hybridized carbons (Fsp3) is 0.393. The van der Waals surface area contributed by atoms with Crippen LogP contribution in [0, 0.1) is 0 Å². The van der Waals surface area contributed by atoms with Gasteiger partial charge in [-0.15, -0.1) is 15.6 Å². The third kappa shape index (κ3) is 10.4. The molecule has 5 rings (SSSR count). The van der Waals surface area contributed by atoms with Crippen LogP contribution in [0.4, 0.5) is 24.1 Å². The quantitative estimate of drug-likeness (QED) is 0.0576. The highest BCUT2D eigenvalue weighted by molar-refractivity contribution is 7.80. The highest BCUT2D eigenvalue weighted by Gasteiger charge is 2.58. The van der Waals surface area contributed by atoms with Crippen molar-refractivity contribution >= 4 is 73.1 Å². The molecule has 0 unspecified atom stereocenters. The van der Waals surface area contributed by atoms with Crippen molar-refractivity contribution in [3.8, 4) is 5.75 Å².